The summed E-state index contributed by atoms with van der Waals surface area (Å²) in [6, 6.07) is 0. The molecule has 0 heterocycles. The third-order valence-corrected chi connectivity index (χ3v) is 3.90. The Hall–Kier alpha value is -1.92. The zero-order valence-electron chi connectivity index (χ0n) is 19.3. The van der Waals surface area contributed by atoms with E-state index in [4.69, 9.17) is 23.7 Å². The van der Waals surface area contributed by atoms with E-state index in [1.807, 2.05) is 0 Å². The van der Waals surface area contributed by atoms with Crippen LogP contribution in [0.5, 0.6) is 0 Å². The minimum Gasteiger partial charge on any atom is -0.377 e. The maximum atomic E-state index is 11.6. The summed E-state index contributed by atoms with van der Waals surface area (Å²) in [6.07, 6.45) is 1.05. The second-order valence-corrected chi connectivity index (χ2v) is 6.62. The van der Waals surface area contributed by atoms with Gasteiger partial charge in [0, 0.05) is 32.4 Å². The maximum Gasteiger partial charge on any atom is 0.246 e. The van der Waals surface area contributed by atoms with E-state index < -0.39 is 0 Å². The molecule has 2 N–H and O–H groups in total. The Kier molecular flexibility index (Phi) is 20.9. The van der Waals surface area contributed by atoms with Crippen LogP contribution in [0.2, 0.25) is 0 Å². The van der Waals surface area contributed by atoms with Gasteiger partial charge in [-0.1, -0.05) is 13.8 Å². The summed E-state index contributed by atoms with van der Waals surface area (Å²) < 4.78 is 26.0. The highest BCUT2D eigenvalue weighted by Crippen LogP contribution is 1.87. The molecule has 0 aromatic carbocycles. The van der Waals surface area contributed by atoms with Crippen LogP contribution >= 0.6 is 0 Å². The van der Waals surface area contributed by atoms with Gasteiger partial charge < -0.3 is 34.3 Å². The third-order valence-electron chi connectivity index (χ3n) is 3.90. The van der Waals surface area contributed by atoms with E-state index in [0.29, 0.717) is 65.6 Å². The molecule has 0 radical (unpaired) electrons. The molecule has 0 aliphatic carbocycles. The number of nitrogens with one attached hydrogen (secondary N) is 2. The molecule has 0 spiro atoms. The Balaban J connectivity index is 3.37. The minimum atomic E-state index is -0.296. The van der Waals surface area contributed by atoms with E-state index in [2.05, 4.69) is 10.6 Å². The second-order valence-electron chi connectivity index (χ2n) is 6.62. The van der Waals surface area contributed by atoms with Crippen LogP contribution in [0.3, 0.4) is 0 Å². The van der Waals surface area contributed by atoms with Crippen molar-refractivity contribution in [1.29, 1.82) is 0 Å². The number of Topliss-reactive ketones (excluding diaryl/α,β-unsaturated/α-hetero) is 2. The first-order chi connectivity index (χ1) is 15.5. The van der Waals surface area contributed by atoms with Crippen molar-refractivity contribution in [3.05, 3.63) is 0 Å². The minimum absolute atomic E-state index is 0.0447. The number of ketones is 2. The highest BCUT2D eigenvalue weighted by atomic mass is 16.5. The molecule has 0 bridgehead atoms. The van der Waals surface area contributed by atoms with E-state index in [1.165, 1.54) is 0 Å². The maximum absolute atomic E-state index is 11.6. The molecule has 0 aliphatic rings. The number of carbonyl (C=O) groups is 4. The number of hydrogen-bond donors (Lipinski definition) is 2. The molecular formula is C21H38N2O9. The zero-order valence-corrected chi connectivity index (χ0v) is 19.3. The molecule has 0 atom stereocenters. The SMILES string of the molecule is CCC(=O)COCCOCCNC(=O)CCOCC(=O)NCCOCCOCC(=O)CC. The molecule has 0 saturated heterocycles. The first kappa shape index (κ1) is 30.1. The van der Waals surface area contributed by atoms with Crippen molar-refractivity contribution >= 4 is 23.4 Å². The average molecular weight is 463 g/mol. The van der Waals surface area contributed by atoms with Crippen molar-refractivity contribution in [2.45, 2.75) is 33.1 Å². The lowest BCUT2D eigenvalue weighted by molar-refractivity contribution is -0.128. The van der Waals surface area contributed by atoms with E-state index in [1.54, 1.807) is 13.8 Å². The zero-order chi connectivity index (χ0) is 23.9. The topological polar surface area (TPSA) is 138 Å². The van der Waals surface area contributed by atoms with Gasteiger partial charge in [0.2, 0.25) is 11.8 Å². The van der Waals surface area contributed by atoms with Gasteiger partial charge in [0.1, 0.15) is 19.8 Å². The fourth-order valence-electron chi connectivity index (χ4n) is 2.01. The van der Waals surface area contributed by atoms with Gasteiger partial charge in [0.25, 0.3) is 0 Å². The predicted molar refractivity (Wildman–Crippen MR) is 115 cm³/mol. The van der Waals surface area contributed by atoms with Crippen molar-refractivity contribution in [2.75, 3.05) is 79.2 Å². The van der Waals surface area contributed by atoms with Crippen LogP contribution in [0.15, 0.2) is 0 Å². The summed E-state index contributed by atoms with van der Waals surface area (Å²) in [5.41, 5.74) is 0. The van der Waals surface area contributed by atoms with Crippen molar-refractivity contribution in [3.8, 4) is 0 Å². The van der Waals surface area contributed by atoms with Gasteiger partial charge in [-0.3, -0.25) is 19.2 Å². The predicted octanol–water partition coefficient (Wildman–Crippen LogP) is -0.350. The number of carbonyl (C=O) groups excluding carboxylic acids is 4. The standard InChI is InChI=1S/C21H38N2O9/c1-3-18(24)15-31-13-11-28-9-6-22-20(26)5-8-30-17-21(27)23-7-10-29-12-14-32-16-19(25)4-2/h3-17H2,1-2H3,(H,22,26)(H,23,27). The summed E-state index contributed by atoms with van der Waals surface area (Å²) in [4.78, 5) is 45.3. The number of hydrogen-bond acceptors (Lipinski definition) is 9. The molecule has 11 heteroatoms. The van der Waals surface area contributed by atoms with Gasteiger partial charge in [0.15, 0.2) is 11.6 Å². The molecule has 0 fully saturated rings. The van der Waals surface area contributed by atoms with Gasteiger partial charge in [0.05, 0.1) is 46.2 Å². The largest absolute Gasteiger partial charge is 0.377 e. The molecular weight excluding hydrogens is 424 g/mol. The Morgan fingerprint density at radius 1 is 0.531 bits per heavy atom. The number of amides is 2. The lowest BCUT2D eigenvalue weighted by Gasteiger charge is -2.08. The fourth-order valence-corrected chi connectivity index (χ4v) is 2.01. The van der Waals surface area contributed by atoms with E-state index in [9.17, 15) is 19.2 Å². The molecule has 0 unspecified atom stereocenters. The highest BCUT2D eigenvalue weighted by molar-refractivity contribution is 5.79. The Morgan fingerprint density at radius 3 is 1.47 bits per heavy atom. The van der Waals surface area contributed by atoms with Gasteiger partial charge >= 0.3 is 0 Å². The van der Waals surface area contributed by atoms with Crippen LogP contribution in [-0.2, 0) is 42.9 Å². The molecule has 186 valence electrons. The van der Waals surface area contributed by atoms with Gasteiger partial charge in [-0.25, -0.2) is 0 Å². The Labute approximate surface area is 189 Å². The highest BCUT2D eigenvalue weighted by Gasteiger charge is 2.04. The first-order valence-electron chi connectivity index (χ1n) is 10.9. The van der Waals surface area contributed by atoms with Crippen LogP contribution in [0.25, 0.3) is 0 Å². The molecule has 2 amide bonds. The summed E-state index contributed by atoms with van der Waals surface area (Å²) in [7, 11) is 0. The van der Waals surface area contributed by atoms with Crippen LogP contribution in [0.1, 0.15) is 33.1 Å². The molecule has 0 rings (SSSR count). The van der Waals surface area contributed by atoms with E-state index in [0.717, 1.165) is 0 Å². The Morgan fingerprint density at radius 2 is 0.969 bits per heavy atom. The third kappa shape index (κ3) is 21.3. The Bertz CT molecular complexity index is 483. The molecule has 0 saturated carbocycles. The average Bonchev–Trinajstić information content (AvgIpc) is 2.79. The van der Waals surface area contributed by atoms with Gasteiger partial charge in [-0.15, -0.1) is 0 Å². The molecule has 0 aromatic rings. The van der Waals surface area contributed by atoms with Crippen LogP contribution in [0, 0.1) is 0 Å². The molecule has 11 nitrogen and oxygen atoms in total. The molecule has 0 aliphatic heterocycles. The first-order valence-corrected chi connectivity index (χ1v) is 10.9. The monoisotopic (exact) mass is 462 g/mol. The normalized spacial score (nSPS) is 10.7. The second kappa shape index (κ2) is 22.3. The number of ether oxygens (including phenoxy) is 5. The van der Waals surface area contributed by atoms with Crippen LogP contribution in [0.4, 0.5) is 0 Å². The van der Waals surface area contributed by atoms with Gasteiger partial charge in [-0.2, -0.15) is 0 Å². The summed E-state index contributed by atoms with van der Waals surface area (Å²) in [5.74, 6) is -0.404. The van der Waals surface area contributed by atoms with Crippen LogP contribution in [-0.4, -0.2) is 103 Å². The summed E-state index contributed by atoms with van der Waals surface area (Å²) in [6.45, 7) is 6.44. The van der Waals surface area contributed by atoms with E-state index in [-0.39, 0.29) is 56.2 Å². The van der Waals surface area contributed by atoms with Crippen molar-refractivity contribution in [2.24, 2.45) is 0 Å². The smallest absolute Gasteiger partial charge is 0.246 e. The fraction of sp³-hybridized carbons (Fsp3) is 0.810. The summed E-state index contributed by atoms with van der Waals surface area (Å²) in [5, 5.41) is 5.31. The van der Waals surface area contributed by atoms with Crippen molar-refractivity contribution in [3.63, 3.8) is 0 Å². The van der Waals surface area contributed by atoms with Crippen molar-refractivity contribution < 1.29 is 42.9 Å². The number of rotatable bonds is 23. The molecule has 32 heavy (non-hydrogen) atoms. The summed E-state index contributed by atoms with van der Waals surface area (Å²) >= 11 is 0. The lowest BCUT2D eigenvalue weighted by atomic mass is 10.3. The van der Waals surface area contributed by atoms with Crippen LogP contribution < -0.4 is 10.6 Å². The quantitative estimate of drug-likeness (QED) is 0.195. The van der Waals surface area contributed by atoms with E-state index >= 15 is 0 Å². The lowest BCUT2D eigenvalue weighted by Crippen LogP contribution is -2.32. The molecule has 0 aromatic heterocycles. The van der Waals surface area contributed by atoms with Crippen molar-refractivity contribution in [1.82, 2.24) is 10.6 Å². The van der Waals surface area contributed by atoms with Gasteiger partial charge in [-0.05, 0) is 0 Å².